The highest BCUT2D eigenvalue weighted by atomic mass is 79.9. The zero-order valence-corrected chi connectivity index (χ0v) is 19.0. The molecule has 0 aromatic heterocycles. The molecule has 0 radical (unpaired) electrons. The number of fused-ring (bicyclic) bond motifs is 11. The largest absolute Gasteiger partial charge is 0.0894 e. The van der Waals surface area contributed by atoms with E-state index in [9.17, 15) is 0 Å². The molecular formula is C29H17BrS. The second kappa shape index (κ2) is 6.35. The van der Waals surface area contributed by atoms with E-state index in [0.29, 0.717) is 0 Å². The van der Waals surface area contributed by atoms with Crippen molar-refractivity contribution in [3.8, 4) is 11.1 Å². The first kappa shape index (κ1) is 17.8. The highest BCUT2D eigenvalue weighted by molar-refractivity contribution is 9.10. The maximum Gasteiger partial charge on any atom is 0.0735 e. The van der Waals surface area contributed by atoms with Gasteiger partial charge in [0.1, 0.15) is 0 Å². The lowest BCUT2D eigenvalue weighted by molar-refractivity contribution is 0.722. The van der Waals surface area contributed by atoms with E-state index in [1.54, 1.807) is 0 Å². The molecule has 0 fully saturated rings. The Labute approximate surface area is 194 Å². The van der Waals surface area contributed by atoms with Gasteiger partial charge in [0, 0.05) is 14.3 Å². The van der Waals surface area contributed by atoms with Gasteiger partial charge in [-0.1, -0.05) is 113 Å². The van der Waals surface area contributed by atoms with Gasteiger partial charge in [0.2, 0.25) is 0 Å². The van der Waals surface area contributed by atoms with Crippen LogP contribution >= 0.6 is 27.7 Å². The standard InChI is InChI=1S/C29H17BrS/c30-19-14-16-24-27(17-19)31-26-12-6-5-11-23(26)29(24)22-10-4-3-9-21(22)28-20-8-2-1-7-18(20)13-15-25(28)29/h1-17H. The second-order valence-corrected chi connectivity index (χ2v) is 10.2. The van der Waals surface area contributed by atoms with Crippen LogP contribution in [0.2, 0.25) is 0 Å². The number of benzene rings is 5. The van der Waals surface area contributed by atoms with Crippen molar-refractivity contribution in [1.29, 1.82) is 0 Å². The van der Waals surface area contributed by atoms with Crippen LogP contribution in [0.5, 0.6) is 0 Å². The average Bonchev–Trinajstić information content (AvgIpc) is 3.11. The molecule has 1 atom stereocenters. The van der Waals surface area contributed by atoms with Crippen molar-refractivity contribution in [2.24, 2.45) is 0 Å². The van der Waals surface area contributed by atoms with Gasteiger partial charge in [-0.3, -0.25) is 0 Å². The van der Waals surface area contributed by atoms with Crippen LogP contribution in [0.25, 0.3) is 21.9 Å². The Morgan fingerprint density at radius 1 is 0.581 bits per heavy atom. The summed E-state index contributed by atoms with van der Waals surface area (Å²) >= 11 is 5.59. The fourth-order valence-electron chi connectivity index (χ4n) is 5.65. The van der Waals surface area contributed by atoms with Crippen LogP contribution in [0.15, 0.2) is 117 Å². The average molecular weight is 477 g/mol. The normalized spacial score (nSPS) is 17.8. The summed E-state index contributed by atoms with van der Waals surface area (Å²) in [4.78, 5) is 2.66. The molecule has 5 aromatic carbocycles. The van der Waals surface area contributed by atoms with E-state index in [0.717, 1.165) is 4.47 Å². The van der Waals surface area contributed by atoms with Gasteiger partial charge in [-0.05, 0) is 62.4 Å². The predicted octanol–water partition coefficient (Wildman–Crippen LogP) is 8.43. The van der Waals surface area contributed by atoms with E-state index >= 15 is 0 Å². The summed E-state index contributed by atoms with van der Waals surface area (Å²) in [6.07, 6.45) is 0. The smallest absolute Gasteiger partial charge is 0.0735 e. The number of rotatable bonds is 0. The Hall–Kier alpha value is -2.81. The minimum atomic E-state index is -0.298. The van der Waals surface area contributed by atoms with E-state index in [-0.39, 0.29) is 5.41 Å². The molecule has 1 aliphatic carbocycles. The van der Waals surface area contributed by atoms with E-state index < -0.39 is 0 Å². The minimum absolute atomic E-state index is 0.298. The number of halogens is 1. The van der Waals surface area contributed by atoms with Crippen molar-refractivity contribution in [3.63, 3.8) is 0 Å². The Kier molecular flexibility index (Phi) is 3.65. The lowest BCUT2D eigenvalue weighted by atomic mass is 9.67. The molecule has 0 nitrogen and oxygen atoms in total. The van der Waals surface area contributed by atoms with Crippen LogP contribution in [0.3, 0.4) is 0 Å². The summed E-state index contributed by atoms with van der Waals surface area (Å²) in [5.41, 5.74) is 7.97. The van der Waals surface area contributed by atoms with Gasteiger partial charge in [-0.15, -0.1) is 0 Å². The van der Waals surface area contributed by atoms with Crippen molar-refractivity contribution in [2.45, 2.75) is 15.2 Å². The van der Waals surface area contributed by atoms with Crippen molar-refractivity contribution >= 4 is 38.5 Å². The number of hydrogen-bond acceptors (Lipinski definition) is 1. The van der Waals surface area contributed by atoms with Gasteiger partial charge >= 0.3 is 0 Å². The van der Waals surface area contributed by atoms with Crippen LogP contribution in [-0.4, -0.2) is 0 Å². The van der Waals surface area contributed by atoms with Crippen molar-refractivity contribution in [1.82, 2.24) is 0 Å². The summed E-state index contributed by atoms with van der Waals surface area (Å²) in [6, 6.07) is 38.2. The van der Waals surface area contributed by atoms with Gasteiger partial charge < -0.3 is 0 Å². The fraction of sp³-hybridized carbons (Fsp3) is 0.0345. The van der Waals surface area contributed by atoms with Gasteiger partial charge in [0.25, 0.3) is 0 Å². The molecule has 146 valence electrons. The third kappa shape index (κ3) is 2.22. The summed E-state index contributed by atoms with van der Waals surface area (Å²) in [7, 11) is 0. The molecule has 0 saturated heterocycles. The van der Waals surface area contributed by atoms with Crippen molar-refractivity contribution < 1.29 is 0 Å². The number of hydrogen-bond donors (Lipinski definition) is 0. The molecule has 0 bridgehead atoms. The molecule has 0 N–H and O–H groups in total. The van der Waals surface area contributed by atoms with Gasteiger partial charge in [0.15, 0.2) is 0 Å². The highest BCUT2D eigenvalue weighted by Gasteiger charge is 2.50. The molecule has 2 heteroatoms. The molecule has 0 amide bonds. The van der Waals surface area contributed by atoms with Crippen molar-refractivity contribution in [2.75, 3.05) is 0 Å². The molecule has 0 saturated carbocycles. The van der Waals surface area contributed by atoms with Crippen LogP contribution in [-0.2, 0) is 5.41 Å². The molecule has 1 heterocycles. The quantitative estimate of drug-likeness (QED) is 0.211. The Bertz CT molecular complexity index is 1530. The lowest BCUT2D eigenvalue weighted by Gasteiger charge is -2.39. The van der Waals surface area contributed by atoms with Gasteiger partial charge in [-0.2, -0.15) is 0 Å². The summed E-state index contributed by atoms with van der Waals surface area (Å²) in [5.74, 6) is 0. The summed E-state index contributed by atoms with van der Waals surface area (Å²) in [5, 5.41) is 2.63. The summed E-state index contributed by atoms with van der Waals surface area (Å²) in [6.45, 7) is 0. The van der Waals surface area contributed by atoms with E-state index in [2.05, 4.69) is 119 Å². The van der Waals surface area contributed by atoms with Crippen LogP contribution in [0.4, 0.5) is 0 Å². The maximum absolute atomic E-state index is 3.71. The van der Waals surface area contributed by atoms with Crippen LogP contribution in [0, 0.1) is 0 Å². The Morgan fingerprint density at radius 2 is 1.29 bits per heavy atom. The highest BCUT2D eigenvalue weighted by Crippen LogP contribution is 2.63. The first-order valence-corrected chi connectivity index (χ1v) is 12.1. The second-order valence-electron chi connectivity index (χ2n) is 8.24. The third-order valence-corrected chi connectivity index (χ3v) is 8.42. The SMILES string of the molecule is Brc1ccc2c(c1)Sc1ccccc1C21c2ccccc2-c2c1ccc1ccccc21. The van der Waals surface area contributed by atoms with Crippen LogP contribution in [0.1, 0.15) is 22.3 Å². The summed E-state index contributed by atoms with van der Waals surface area (Å²) < 4.78 is 1.12. The van der Waals surface area contributed by atoms with Crippen molar-refractivity contribution in [3.05, 3.63) is 130 Å². The first-order chi connectivity index (χ1) is 15.3. The third-order valence-electron chi connectivity index (χ3n) is 6.79. The zero-order chi connectivity index (χ0) is 20.6. The van der Waals surface area contributed by atoms with E-state index in [1.807, 2.05) is 11.8 Å². The van der Waals surface area contributed by atoms with Gasteiger partial charge in [-0.25, -0.2) is 0 Å². The fourth-order valence-corrected chi connectivity index (χ4v) is 7.39. The molecule has 7 rings (SSSR count). The topological polar surface area (TPSA) is 0 Å². The molecule has 2 aliphatic rings. The molecule has 1 spiro atoms. The molecule has 1 aliphatic heterocycles. The van der Waals surface area contributed by atoms with Gasteiger partial charge in [0.05, 0.1) is 5.41 Å². The monoisotopic (exact) mass is 476 g/mol. The Morgan fingerprint density at radius 3 is 2.23 bits per heavy atom. The van der Waals surface area contributed by atoms with Crippen LogP contribution < -0.4 is 0 Å². The minimum Gasteiger partial charge on any atom is -0.0894 e. The maximum atomic E-state index is 3.71. The Balaban J connectivity index is 1.74. The van der Waals surface area contributed by atoms with E-state index in [4.69, 9.17) is 0 Å². The first-order valence-electron chi connectivity index (χ1n) is 10.5. The molecular weight excluding hydrogens is 460 g/mol. The zero-order valence-electron chi connectivity index (χ0n) is 16.6. The molecule has 1 unspecified atom stereocenters. The lowest BCUT2D eigenvalue weighted by Crippen LogP contribution is -2.31. The molecule has 31 heavy (non-hydrogen) atoms. The molecule has 5 aromatic rings. The van der Waals surface area contributed by atoms with E-state index in [1.165, 1.54) is 53.9 Å². The predicted molar refractivity (Wildman–Crippen MR) is 133 cm³/mol.